The van der Waals surface area contributed by atoms with E-state index in [9.17, 15) is 19.7 Å². The fraction of sp³-hybridized carbons (Fsp3) is 0.500. The second kappa shape index (κ2) is 8.68. The standard InChI is InChI=1S/C16H20N2O5S/c1-11(24-14-8-6-13(7-9-14)18(21)22)16(20)23-10-15(19)17-12-4-2-3-5-12/h6-9,11-12H,2-5,10H2,1H3,(H,17,19). The van der Waals surface area contributed by atoms with Gasteiger partial charge in [-0.15, -0.1) is 11.8 Å². The topological polar surface area (TPSA) is 98.5 Å². The van der Waals surface area contributed by atoms with E-state index in [0.717, 1.165) is 30.6 Å². The lowest BCUT2D eigenvalue weighted by Gasteiger charge is -2.14. The Labute approximate surface area is 144 Å². The molecule has 1 amide bonds. The molecule has 0 bridgehead atoms. The van der Waals surface area contributed by atoms with E-state index in [1.165, 1.54) is 23.9 Å². The molecule has 1 aliphatic rings. The Bertz CT molecular complexity index is 599. The van der Waals surface area contributed by atoms with Crippen LogP contribution in [0.15, 0.2) is 29.2 Å². The molecule has 1 unspecified atom stereocenters. The van der Waals surface area contributed by atoms with Crippen molar-refractivity contribution in [3.8, 4) is 0 Å². The van der Waals surface area contributed by atoms with Gasteiger partial charge >= 0.3 is 5.97 Å². The molecule has 1 aromatic rings. The maximum absolute atomic E-state index is 11.9. The molecule has 1 aliphatic carbocycles. The molecule has 8 heteroatoms. The third kappa shape index (κ3) is 5.52. The molecule has 1 N–H and O–H groups in total. The number of nitrogens with one attached hydrogen (secondary N) is 1. The Morgan fingerprint density at radius 3 is 2.54 bits per heavy atom. The molecule has 0 aromatic heterocycles. The predicted molar refractivity (Wildman–Crippen MR) is 89.8 cm³/mol. The highest BCUT2D eigenvalue weighted by molar-refractivity contribution is 8.00. The summed E-state index contributed by atoms with van der Waals surface area (Å²) in [5.41, 5.74) is -0.00170. The molecule has 1 fully saturated rings. The van der Waals surface area contributed by atoms with Crippen LogP contribution in [0.3, 0.4) is 0 Å². The lowest BCUT2D eigenvalue weighted by Crippen LogP contribution is -2.36. The minimum atomic E-state index is -0.509. The molecule has 0 aliphatic heterocycles. The van der Waals surface area contributed by atoms with Crippen LogP contribution in [-0.2, 0) is 14.3 Å². The highest BCUT2D eigenvalue weighted by Gasteiger charge is 2.20. The minimum absolute atomic E-state index is 0.00170. The second-order valence-electron chi connectivity index (χ2n) is 5.67. The van der Waals surface area contributed by atoms with Gasteiger partial charge in [-0.2, -0.15) is 0 Å². The smallest absolute Gasteiger partial charge is 0.319 e. The van der Waals surface area contributed by atoms with Crippen LogP contribution in [0, 0.1) is 10.1 Å². The molecule has 0 saturated heterocycles. The zero-order chi connectivity index (χ0) is 17.5. The van der Waals surface area contributed by atoms with Crippen LogP contribution in [-0.4, -0.2) is 34.7 Å². The molecule has 130 valence electrons. The lowest BCUT2D eigenvalue weighted by atomic mass is 10.2. The Balaban J connectivity index is 1.74. The highest BCUT2D eigenvalue weighted by atomic mass is 32.2. The first-order valence-corrected chi connectivity index (χ1v) is 8.71. The molecule has 1 aromatic carbocycles. The first kappa shape index (κ1) is 18.3. The average molecular weight is 352 g/mol. The van der Waals surface area contributed by atoms with Gasteiger partial charge in [0.1, 0.15) is 5.25 Å². The molecular formula is C16H20N2O5S. The third-order valence-corrected chi connectivity index (χ3v) is 4.85. The highest BCUT2D eigenvalue weighted by Crippen LogP contribution is 2.26. The van der Waals surface area contributed by atoms with Crippen LogP contribution in [0.25, 0.3) is 0 Å². The summed E-state index contributed by atoms with van der Waals surface area (Å²) in [4.78, 5) is 34.5. The van der Waals surface area contributed by atoms with Gasteiger partial charge in [-0.3, -0.25) is 19.7 Å². The van der Waals surface area contributed by atoms with Gasteiger partial charge in [0.2, 0.25) is 0 Å². The molecule has 24 heavy (non-hydrogen) atoms. The van der Waals surface area contributed by atoms with E-state index in [1.807, 2.05) is 0 Å². The van der Waals surface area contributed by atoms with Crippen molar-refractivity contribution in [1.82, 2.24) is 5.32 Å². The normalized spacial score (nSPS) is 15.7. The van der Waals surface area contributed by atoms with E-state index >= 15 is 0 Å². The largest absolute Gasteiger partial charge is 0.455 e. The van der Waals surface area contributed by atoms with Gasteiger partial charge < -0.3 is 10.1 Å². The average Bonchev–Trinajstić information content (AvgIpc) is 3.06. The van der Waals surface area contributed by atoms with Crippen molar-refractivity contribution in [3.63, 3.8) is 0 Å². The summed E-state index contributed by atoms with van der Waals surface area (Å²) in [7, 11) is 0. The van der Waals surface area contributed by atoms with Gasteiger partial charge in [-0.1, -0.05) is 12.8 Å². The van der Waals surface area contributed by atoms with Gasteiger partial charge in [-0.25, -0.2) is 0 Å². The number of ether oxygens (including phenoxy) is 1. The Morgan fingerprint density at radius 1 is 1.33 bits per heavy atom. The second-order valence-corrected chi connectivity index (χ2v) is 7.08. The van der Waals surface area contributed by atoms with Gasteiger partial charge in [0.25, 0.3) is 11.6 Å². The van der Waals surface area contributed by atoms with Crippen molar-refractivity contribution >= 4 is 29.3 Å². The monoisotopic (exact) mass is 352 g/mol. The maximum atomic E-state index is 11.9. The first-order valence-electron chi connectivity index (χ1n) is 7.83. The zero-order valence-corrected chi connectivity index (χ0v) is 14.2. The fourth-order valence-corrected chi connectivity index (χ4v) is 3.36. The summed E-state index contributed by atoms with van der Waals surface area (Å²) in [6.07, 6.45) is 4.19. The van der Waals surface area contributed by atoms with Crippen LogP contribution in [0.4, 0.5) is 5.69 Å². The summed E-state index contributed by atoms with van der Waals surface area (Å²) in [6, 6.07) is 6.13. The summed E-state index contributed by atoms with van der Waals surface area (Å²) in [5.74, 6) is -0.761. The Kier molecular flexibility index (Phi) is 6.60. The van der Waals surface area contributed by atoms with Crippen LogP contribution < -0.4 is 5.32 Å². The van der Waals surface area contributed by atoms with Crippen molar-refractivity contribution in [3.05, 3.63) is 34.4 Å². The number of amides is 1. The SMILES string of the molecule is CC(Sc1ccc([N+](=O)[O-])cc1)C(=O)OCC(=O)NC1CCCC1. The molecule has 1 atom stereocenters. The maximum Gasteiger partial charge on any atom is 0.319 e. The lowest BCUT2D eigenvalue weighted by molar-refractivity contribution is -0.384. The molecule has 0 radical (unpaired) electrons. The number of carbonyl (C=O) groups excluding carboxylic acids is 2. The minimum Gasteiger partial charge on any atom is -0.455 e. The van der Waals surface area contributed by atoms with Crippen LogP contribution in [0.2, 0.25) is 0 Å². The summed E-state index contributed by atoms with van der Waals surface area (Å²) >= 11 is 1.23. The molecular weight excluding hydrogens is 332 g/mol. The molecule has 2 rings (SSSR count). The number of hydrogen-bond donors (Lipinski definition) is 1. The number of nitro benzene ring substituents is 1. The Morgan fingerprint density at radius 2 is 1.96 bits per heavy atom. The van der Waals surface area contributed by atoms with E-state index in [0.29, 0.717) is 0 Å². The van der Waals surface area contributed by atoms with E-state index in [2.05, 4.69) is 5.32 Å². The number of benzene rings is 1. The molecule has 0 heterocycles. The van der Waals surface area contributed by atoms with Crippen LogP contribution in [0.5, 0.6) is 0 Å². The van der Waals surface area contributed by atoms with E-state index in [4.69, 9.17) is 4.74 Å². The van der Waals surface area contributed by atoms with E-state index in [-0.39, 0.29) is 24.2 Å². The number of non-ortho nitro benzene ring substituents is 1. The van der Waals surface area contributed by atoms with Crippen molar-refractivity contribution < 1.29 is 19.2 Å². The van der Waals surface area contributed by atoms with Gasteiger partial charge in [0.05, 0.1) is 4.92 Å². The zero-order valence-electron chi connectivity index (χ0n) is 13.4. The van der Waals surface area contributed by atoms with Crippen molar-refractivity contribution in [2.45, 2.75) is 48.8 Å². The van der Waals surface area contributed by atoms with Crippen molar-refractivity contribution in [2.24, 2.45) is 0 Å². The molecule has 0 spiro atoms. The quantitative estimate of drug-likeness (QED) is 0.351. The number of thioether (sulfide) groups is 1. The van der Waals surface area contributed by atoms with Crippen LogP contribution in [0.1, 0.15) is 32.6 Å². The van der Waals surface area contributed by atoms with Gasteiger partial charge in [0, 0.05) is 23.1 Å². The predicted octanol–water partition coefficient (Wildman–Crippen LogP) is 2.68. The number of nitro groups is 1. The molecule has 7 nitrogen and oxygen atoms in total. The number of nitrogens with zero attached hydrogens (tertiary/aromatic N) is 1. The number of rotatable bonds is 7. The summed E-state index contributed by atoms with van der Waals surface area (Å²) in [6.45, 7) is 1.39. The number of esters is 1. The first-order chi connectivity index (χ1) is 11.5. The molecule has 1 saturated carbocycles. The summed E-state index contributed by atoms with van der Waals surface area (Å²) in [5, 5.41) is 12.9. The number of hydrogen-bond acceptors (Lipinski definition) is 6. The third-order valence-electron chi connectivity index (χ3n) is 3.76. The number of carbonyl (C=O) groups is 2. The van der Waals surface area contributed by atoms with E-state index in [1.54, 1.807) is 19.1 Å². The van der Waals surface area contributed by atoms with Gasteiger partial charge in [-0.05, 0) is 31.9 Å². The van der Waals surface area contributed by atoms with Crippen LogP contribution >= 0.6 is 11.8 Å². The van der Waals surface area contributed by atoms with Gasteiger partial charge in [0.15, 0.2) is 6.61 Å². The van der Waals surface area contributed by atoms with Crippen molar-refractivity contribution in [1.29, 1.82) is 0 Å². The fourth-order valence-electron chi connectivity index (χ4n) is 2.49. The summed E-state index contributed by atoms with van der Waals surface area (Å²) < 4.78 is 5.03. The van der Waals surface area contributed by atoms with Crippen molar-refractivity contribution in [2.75, 3.05) is 6.61 Å². The Hall–Kier alpha value is -2.09. The van der Waals surface area contributed by atoms with E-state index < -0.39 is 16.1 Å².